The fraction of sp³-hybridized carbons (Fsp3) is 0.476. The molecule has 1 unspecified atom stereocenters. The van der Waals surface area contributed by atoms with Gasteiger partial charge in [-0.05, 0) is 56.3 Å². The van der Waals surface area contributed by atoms with E-state index in [0.717, 1.165) is 36.6 Å². The lowest BCUT2D eigenvalue weighted by Gasteiger charge is -2.28. The van der Waals surface area contributed by atoms with Crippen LogP contribution in [0.25, 0.3) is 0 Å². The van der Waals surface area contributed by atoms with E-state index in [-0.39, 0.29) is 11.9 Å². The van der Waals surface area contributed by atoms with Crippen molar-refractivity contribution in [2.24, 2.45) is 0 Å². The molecule has 5 nitrogen and oxygen atoms in total. The van der Waals surface area contributed by atoms with Crippen molar-refractivity contribution >= 4 is 5.91 Å². The topological polar surface area (TPSA) is 54.7 Å². The molecule has 1 N–H and O–H groups in total. The van der Waals surface area contributed by atoms with Gasteiger partial charge in [0.1, 0.15) is 11.5 Å². The number of nitrogens with one attached hydrogen (secondary N) is 1. The van der Waals surface area contributed by atoms with Crippen LogP contribution < -0.4 is 10.1 Å². The van der Waals surface area contributed by atoms with Crippen LogP contribution in [0.3, 0.4) is 0 Å². The summed E-state index contributed by atoms with van der Waals surface area (Å²) in [5.41, 5.74) is 1.13. The minimum absolute atomic E-state index is 0.0580. The standard InChI is InChI=1S/C21H30N2O3/c1-4-23(5-2)19(20-8-7-15-26-20)16-22-21(24)14-11-17-9-12-18(13-10-17)25-6-3/h7-10,12-13,15,19H,4-6,11,14,16H2,1-3H3,(H,22,24). The smallest absolute Gasteiger partial charge is 0.220 e. The lowest BCUT2D eigenvalue weighted by Crippen LogP contribution is -2.38. The van der Waals surface area contributed by atoms with Crippen molar-refractivity contribution in [2.75, 3.05) is 26.2 Å². The molecule has 1 heterocycles. The molecule has 1 amide bonds. The van der Waals surface area contributed by atoms with Crippen molar-refractivity contribution in [3.8, 4) is 5.75 Å². The Labute approximate surface area is 156 Å². The Morgan fingerprint density at radius 3 is 2.46 bits per heavy atom. The second kappa shape index (κ2) is 10.7. The molecule has 142 valence electrons. The number of benzene rings is 1. The quantitative estimate of drug-likeness (QED) is 0.664. The van der Waals surface area contributed by atoms with Crippen molar-refractivity contribution < 1.29 is 13.9 Å². The Balaban J connectivity index is 1.84. The van der Waals surface area contributed by atoms with E-state index in [0.29, 0.717) is 19.6 Å². The lowest BCUT2D eigenvalue weighted by molar-refractivity contribution is -0.121. The first-order chi connectivity index (χ1) is 12.7. The molecule has 0 radical (unpaired) electrons. The highest BCUT2D eigenvalue weighted by molar-refractivity contribution is 5.76. The van der Waals surface area contributed by atoms with Gasteiger partial charge in [-0.1, -0.05) is 26.0 Å². The van der Waals surface area contributed by atoms with Crippen LogP contribution in [0.1, 0.15) is 44.6 Å². The molecule has 0 fully saturated rings. The second-order valence-corrected chi connectivity index (χ2v) is 6.13. The first-order valence-corrected chi connectivity index (χ1v) is 9.43. The maximum atomic E-state index is 12.3. The molecule has 1 aromatic carbocycles. The zero-order valence-electron chi connectivity index (χ0n) is 16.0. The van der Waals surface area contributed by atoms with E-state index in [2.05, 4.69) is 24.1 Å². The number of rotatable bonds is 11. The van der Waals surface area contributed by atoms with Gasteiger partial charge in [-0.2, -0.15) is 0 Å². The molecule has 0 saturated carbocycles. The molecule has 26 heavy (non-hydrogen) atoms. The van der Waals surface area contributed by atoms with Crippen LogP contribution in [0.2, 0.25) is 0 Å². The third-order valence-electron chi connectivity index (χ3n) is 4.49. The fourth-order valence-electron chi connectivity index (χ4n) is 3.03. The van der Waals surface area contributed by atoms with Crippen molar-refractivity contribution in [1.82, 2.24) is 10.2 Å². The van der Waals surface area contributed by atoms with Gasteiger partial charge in [-0.15, -0.1) is 0 Å². The summed E-state index contributed by atoms with van der Waals surface area (Å²) in [6, 6.07) is 11.8. The summed E-state index contributed by atoms with van der Waals surface area (Å²) < 4.78 is 11.0. The minimum Gasteiger partial charge on any atom is -0.494 e. The van der Waals surface area contributed by atoms with Crippen LogP contribution in [-0.2, 0) is 11.2 Å². The third kappa shape index (κ3) is 5.92. The molecule has 2 aromatic rings. The summed E-state index contributed by atoms with van der Waals surface area (Å²) in [7, 11) is 0. The third-order valence-corrected chi connectivity index (χ3v) is 4.49. The normalized spacial score (nSPS) is 12.2. The molecule has 1 aromatic heterocycles. The minimum atomic E-state index is 0.0580. The maximum absolute atomic E-state index is 12.3. The van der Waals surface area contributed by atoms with Gasteiger partial charge in [0.25, 0.3) is 0 Å². The molecule has 5 heteroatoms. The van der Waals surface area contributed by atoms with E-state index in [9.17, 15) is 4.79 Å². The Morgan fingerprint density at radius 1 is 1.15 bits per heavy atom. The van der Waals surface area contributed by atoms with E-state index in [1.54, 1.807) is 6.26 Å². The van der Waals surface area contributed by atoms with Gasteiger partial charge < -0.3 is 14.5 Å². The van der Waals surface area contributed by atoms with E-state index >= 15 is 0 Å². The molecule has 0 bridgehead atoms. The number of likely N-dealkylation sites (N-methyl/N-ethyl adjacent to an activating group) is 1. The van der Waals surface area contributed by atoms with E-state index in [4.69, 9.17) is 9.15 Å². The molecule has 2 rings (SSSR count). The largest absolute Gasteiger partial charge is 0.494 e. The first-order valence-electron chi connectivity index (χ1n) is 9.43. The highest BCUT2D eigenvalue weighted by Crippen LogP contribution is 2.20. The summed E-state index contributed by atoms with van der Waals surface area (Å²) in [6.45, 7) is 9.23. The molecule has 0 aliphatic rings. The van der Waals surface area contributed by atoms with Gasteiger partial charge >= 0.3 is 0 Å². The summed E-state index contributed by atoms with van der Waals surface area (Å²) in [6.07, 6.45) is 2.87. The Hall–Kier alpha value is -2.27. The number of amides is 1. The Morgan fingerprint density at radius 2 is 1.88 bits per heavy atom. The van der Waals surface area contributed by atoms with Crippen molar-refractivity contribution in [2.45, 2.75) is 39.7 Å². The zero-order chi connectivity index (χ0) is 18.8. The Kier molecular flexibility index (Phi) is 8.22. The number of ether oxygens (including phenoxy) is 1. The molecule has 1 atom stereocenters. The summed E-state index contributed by atoms with van der Waals surface area (Å²) in [5, 5.41) is 3.06. The molecule has 0 aliphatic heterocycles. The van der Waals surface area contributed by atoms with Gasteiger partial charge in [-0.3, -0.25) is 9.69 Å². The second-order valence-electron chi connectivity index (χ2n) is 6.13. The molecule has 0 saturated heterocycles. The number of aryl methyl sites for hydroxylation is 1. The van der Waals surface area contributed by atoms with Crippen LogP contribution in [0.5, 0.6) is 5.75 Å². The molecule has 0 spiro atoms. The number of hydrogen-bond acceptors (Lipinski definition) is 4. The summed E-state index contributed by atoms with van der Waals surface area (Å²) in [4.78, 5) is 14.6. The van der Waals surface area contributed by atoms with Crippen LogP contribution >= 0.6 is 0 Å². The van der Waals surface area contributed by atoms with E-state index < -0.39 is 0 Å². The van der Waals surface area contributed by atoms with Crippen LogP contribution in [0.15, 0.2) is 47.1 Å². The van der Waals surface area contributed by atoms with Crippen molar-refractivity contribution in [3.05, 3.63) is 54.0 Å². The van der Waals surface area contributed by atoms with Crippen molar-refractivity contribution in [3.63, 3.8) is 0 Å². The summed E-state index contributed by atoms with van der Waals surface area (Å²) in [5.74, 6) is 1.81. The van der Waals surface area contributed by atoms with Crippen LogP contribution in [0, 0.1) is 0 Å². The molecular formula is C21H30N2O3. The number of hydrogen-bond donors (Lipinski definition) is 1. The fourth-order valence-corrected chi connectivity index (χ4v) is 3.03. The highest BCUT2D eigenvalue weighted by Gasteiger charge is 2.21. The monoisotopic (exact) mass is 358 g/mol. The van der Waals surface area contributed by atoms with Gasteiger partial charge in [0, 0.05) is 13.0 Å². The van der Waals surface area contributed by atoms with Gasteiger partial charge in [0.15, 0.2) is 0 Å². The number of nitrogens with zero attached hydrogens (tertiary/aromatic N) is 1. The predicted molar refractivity (Wildman–Crippen MR) is 103 cm³/mol. The number of furan rings is 1. The summed E-state index contributed by atoms with van der Waals surface area (Å²) >= 11 is 0. The zero-order valence-corrected chi connectivity index (χ0v) is 16.0. The molecular weight excluding hydrogens is 328 g/mol. The SMILES string of the molecule is CCOc1ccc(CCC(=O)NCC(c2ccco2)N(CC)CC)cc1. The maximum Gasteiger partial charge on any atom is 0.220 e. The van der Waals surface area contributed by atoms with Gasteiger partial charge in [0.2, 0.25) is 5.91 Å². The van der Waals surface area contributed by atoms with Gasteiger partial charge in [-0.25, -0.2) is 0 Å². The van der Waals surface area contributed by atoms with Crippen LogP contribution in [0.4, 0.5) is 0 Å². The molecule has 0 aliphatic carbocycles. The number of carbonyl (C=O) groups is 1. The average molecular weight is 358 g/mol. The predicted octanol–water partition coefficient (Wildman–Crippen LogP) is 3.81. The van der Waals surface area contributed by atoms with Crippen LogP contribution in [-0.4, -0.2) is 37.0 Å². The van der Waals surface area contributed by atoms with Crippen molar-refractivity contribution in [1.29, 1.82) is 0 Å². The van der Waals surface area contributed by atoms with Gasteiger partial charge in [0.05, 0.1) is 18.9 Å². The van der Waals surface area contributed by atoms with E-state index in [1.165, 1.54) is 0 Å². The Bertz CT molecular complexity index is 634. The van der Waals surface area contributed by atoms with E-state index in [1.807, 2.05) is 43.3 Å². The lowest BCUT2D eigenvalue weighted by atomic mass is 10.1. The average Bonchev–Trinajstić information content (AvgIpc) is 3.19. The highest BCUT2D eigenvalue weighted by atomic mass is 16.5. The number of carbonyl (C=O) groups excluding carboxylic acids is 1. The first kappa shape index (κ1) is 20.0.